The molecule has 0 spiro atoms. The van der Waals surface area contributed by atoms with Gasteiger partial charge in [-0.1, -0.05) is 18.7 Å². The van der Waals surface area contributed by atoms with Crippen molar-refractivity contribution in [1.29, 1.82) is 0 Å². The first-order valence-electron chi connectivity index (χ1n) is 8.92. The number of nitrogens with one attached hydrogen (secondary N) is 1. The Morgan fingerprint density at radius 3 is 2.46 bits per heavy atom. The number of fused-ring (bicyclic) bond motifs is 1. The SMILES string of the molecule is C=CC(=O)Nc1cccc(C(=O)N2CCc3ccc(S(C)(=O)=O)cc3CC2)c1. The summed E-state index contributed by atoms with van der Waals surface area (Å²) in [5.41, 5.74) is 3.05. The molecule has 146 valence electrons. The van der Waals surface area contributed by atoms with Gasteiger partial charge in [0.2, 0.25) is 5.91 Å². The summed E-state index contributed by atoms with van der Waals surface area (Å²) in [5, 5.41) is 2.65. The molecule has 2 amide bonds. The number of benzene rings is 2. The molecule has 1 aliphatic rings. The summed E-state index contributed by atoms with van der Waals surface area (Å²) in [4.78, 5) is 26.5. The Kier molecular flexibility index (Phi) is 5.65. The average Bonchev–Trinajstić information content (AvgIpc) is 2.89. The van der Waals surface area contributed by atoms with Gasteiger partial charge in [-0.3, -0.25) is 9.59 Å². The van der Waals surface area contributed by atoms with E-state index in [4.69, 9.17) is 0 Å². The van der Waals surface area contributed by atoms with Crippen LogP contribution in [0.15, 0.2) is 60.0 Å². The van der Waals surface area contributed by atoms with Crippen LogP contribution in [0.3, 0.4) is 0 Å². The Hall–Kier alpha value is -2.93. The molecule has 1 heterocycles. The van der Waals surface area contributed by atoms with E-state index in [1.54, 1.807) is 41.3 Å². The fourth-order valence-corrected chi connectivity index (χ4v) is 3.91. The van der Waals surface area contributed by atoms with E-state index in [0.717, 1.165) is 11.1 Å². The van der Waals surface area contributed by atoms with Gasteiger partial charge in [-0.05, 0) is 60.4 Å². The molecule has 0 saturated heterocycles. The number of hydrogen-bond acceptors (Lipinski definition) is 4. The highest BCUT2D eigenvalue weighted by molar-refractivity contribution is 7.90. The van der Waals surface area contributed by atoms with Crippen molar-refractivity contribution < 1.29 is 18.0 Å². The number of anilines is 1. The minimum atomic E-state index is -3.26. The molecule has 0 saturated carbocycles. The second-order valence-corrected chi connectivity index (χ2v) is 8.78. The van der Waals surface area contributed by atoms with Crippen LogP contribution in [0.1, 0.15) is 21.5 Å². The van der Waals surface area contributed by atoms with Crippen LogP contribution in [0, 0.1) is 0 Å². The van der Waals surface area contributed by atoms with Crippen LogP contribution in [0.5, 0.6) is 0 Å². The van der Waals surface area contributed by atoms with Gasteiger partial charge < -0.3 is 10.2 Å². The number of sulfone groups is 1. The molecule has 0 radical (unpaired) electrons. The van der Waals surface area contributed by atoms with Crippen LogP contribution in [0.4, 0.5) is 5.69 Å². The van der Waals surface area contributed by atoms with Gasteiger partial charge in [0.05, 0.1) is 4.90 Å². The van der Waals surface area contributed by atoms with E-state index in [2.05, 4.69) is 11.9 Å². The maximum Gasteiger partial charge on any atom is 0.253 e. The quantitative estimate of drug-likeness (QED) is 0.802. The second kappa shape index (κ2) is 7.98. The molecule has 0 fully saturated rings. The molecule has 1 aliphatic heterocycles. The normalized spacial score (nSPS) is 14.0. The van der Waals surface area contributed by atoms with E-state index in [-0.39, 0.29) is 11.8 Å². The van der Waals surface area contributed by atoms with Crippen molar-refractivity contribution in [2.75, 3.05) is 24.7 Å². The van der Waals surface area contributed by atoms with E-state index < -0.39 is 9.84 Å². The van der Waals surface area contributed by atoms with Gasteiger partial charge in [-0.15, -0.1) is 0 Å². The molecular formula is C21H22N2O4S. The van der Waals surface area contributed by atoms with Crippen molar-refractivity contribution in [3.05, 3.63) is 71.8 Å². The summed E-state index contributed by atoms with van der Waals surface area (Å²) in [5.74, 6) is -0.456. The first-order chi connectivity index (χ1) is 13.3. The molecule has 28 heavy (non-hydrogen) atoms. The molecule has 1 N–H and O–H groups in total. The first-order valence-corrected chi connectivity index (χ1v) is 10.8. The van der Waals surface area contributed by atoms with E-state index in [0.29, 0.717) is 42.1 Å². The van der Waals surface area contributed by atoms with Gasteiger partial charge in [0.15, 0.2) is 9.84 Å². The number of nitrogens with zero attached hydrogens (tertiary/aromatic N) is 1. The zero-order valence-electron chi connectivity index (χ0n) is 15.6. The standard InChI is InChI=1S/C21H22N2O4S/c1-3-20(24)22-18-6-4-5-17(13-18)21(25)23-11-9-15-7-8-19(28(2,26)27)14-16(15)10-12-23/h3-8,13-14H,1,9-12H2,2H3,(H,22,24). The van der Waals surface area contributed by atoms with Crippen LogP contribution in [-0.2, 0) is 27.5 Å². The number of amides is 2. The van der Waals surface area contributed by atoms with E-state index in [1.807, 2.05) is 6.07 Å². The molecule has 0 aliphatic carbocycles. The lowest BCUT2D eigenvalue weighted by molar-refractivity contribution is -0.111. The van der Waals surface area contributed by atoms with E-state index in [1.165, 1.54) is 12.3 Å². The van der Waals surface area contributed by atoms with Crippen LogP contribution < -0.4 is 5.32 Å². The van der Waals surface area contributed by atoms with Crippen LogP contribution in [0.2, 0.25) is 0 Å². The maximum atomic E-state index is 12.9. The Bertz CT molecular complexity index is 1040. The van der Waals surface area contributed by atoms with Crippen LogP contribution in [0.25, 0.3) is 0 Å². The smallest absolute Gasteiger partial charge is 0.253 e. The molecular weight excluding hydrogens is 376 g/mol. The number of rotatable bonds is 4. The Morgan fingerprint density at radius 1 is 1.07 bits per heavy atom. The van der Waals surface area contributed by atoms with Gasteiger partial charge in [0, 0.05) is 30.6 Å². The minimum Gasteiger partial charge on any atom is -0.338 e. The topological polar surface area (TPSA) is 83.6 Å². The lowest BCUT2D eigenvalue weighted by atomic mass is 10.0. The zero-order chi connectivity index (χ0) is 20.3. The monoisotopic (exact) mass is 398 g/mol. The molecule has 3 rings (SSSR count). The average molecular weight is 398 g/mol. The lowest BCUT2D eigenvalue weighted by Crippen LogP contribution is -2.33. The zero-order valence-corrected chi connectivity index (χ0v) is 16.5. The highest BCUT2D eigenvalue weighted by atomic mass is 32.2. The molecule has 0 bridgehead atoms. The molecule has 0 atom stereocenters. The summed E-state index contributed by atoms with van der Waals surface area (Å²) in [7, 11) is -3.26. The summed E-state index contributed by atoms with van der Waals surface area (Å²) in [6, 6.07) is 12.0. The molecule has 0 aromatic heterocycles. The highest BCUT2D eigenvalue weighted by Crippen LogP contribution is 2.22. The van der Waals surface area contributed by atoms with Crippen molar-refractivity contribution in [3.63, 3.8) is 0 Å². The van der Waals surface area contributed by atoms with Gasteiger partial charge in [-0.25, -0.2) is 8.42 Å². The largest absolute Gasteiger partial charge is 0.338 e. The fourth-order valence-electron chi connectivity index (χ4n) is 3.24. The van der Waals surface area contributed by atoms with Crippen LogP contribution in [-0.4, -0.2) is 44.5 Å². The Balaban J connectivity index is 1.77. The number of hydrogen-bond donors (Lipinski definition) is 1. The molecule has 7 heteroatoms. The van der Waals surface area contributed by atoms with Crippen LogP contribution >= 0.6 is 0 Å². The number of carbonyl (C=O) groups excluding carboxylic acids is 2. The van der Waals surface area contributed by atoms with Gasteiger partial charge in [0.1, 0.15) is 0 Å². The predicted molar refractivity (Wildman–Crippen MR) is 108 cm³/mol. The molecule has 2 aromatic rings. The summed E-state index contributed by atoms with van der Waals surface area (Å²) in [6.07, 6.45) is 3.62. The third kappa shape index (κ3) is 4.48. The third-order valence-electron chi connectivity index (χ3n) is 4.76. The van der Waals surface area contributed by atoms with Crippen molar-refractivity contribution in [2.24, 2.45) is 0 Å². The summed E-state index contributed by atoms with van der Waals surface area (Å²) in [6.45, 7) is 4.47. The molecule has 6 nitrogen and oxygen atoms in total. The second-order valence-electron chi connectivity index (χ2n) is 6.77. The molecule has 0 unspecified atom stereocenters. The summed E-state index contributed by atoms with van der Waals surface area (Å²) < 4.78 is 23.6. The molecule has 2 aromatic carbocycles. The Morgan fingerprint density at radius 2 is 1.79 bits per heavy atom. The van der Waals surface area contributed by atoms with Crippen molar-refractivity contribution in [1.82, 2.24) is 4.90 Å². The van der Waals surface area contributed by atoms with Gasteiger partial charge in [0.25, 0.3) is 5.91 Å². The highest BCUT2D eigenvalue weighted by Gasteiger charge is 2.21. The third-order valence-corrected chi connectivity index (χ3v) is 5.87. The van der Waals surface area contributed by atoms with E-state index in [9.17, 15) is 18.0 Å². The van der Waals surface area contributed by atoms with E-state index >= 15 is 0 Å². The number of carbonyl (C=O) groups is 2. The fraction of sp³-hybridized carbons (Fsp3) is 0.238. The summed E-state index contributed by atoms with van der Waals surface area (Å²) >= 11 is 0. The minimum absolute atomic E-state index is 0.120. The van der Waals surface area contributed by atoms with Crippen molar-refractivity contribution in [2.45, 2.75) is 17.7 Å². The lowest BCUT2D eigenvalue weighted by Gasteiger charge is -2.20. The first kappa shape index (κ1) is 19.8. The van der Waals surface area contributed by atoms with Gasteiger partial charge >= 0.3 is 0 Å². The van der Waals surface area contributed by atoms with Crippen molar-refractivity contribution in [3.8, 4) is 0 Å². The maximum absolute atomic E-state index is 12.9. The van der Waals surface area contributed by atoms with Crippen molar-refractivity contribution >= 4 is 27.3 Å². The predicted octanol–water partition coefficient (Wildman–Crippen LogP) is 2.46. The van der Waals surface area contributed by atoms with Gasteiger partial charge in [-0.2, -0.15) is 0 Å². The Labute approximate surface area is 164 Å².